The lowest BCUT2D eigenvalue weighted by Gasteiger charge is -2.24. The summed E-state index contributed by atoms with van der Waals surface area (Å²) in [5.74, 6) is -2.76. The molecule has 0 bridgehead atoms. The van der Waals surface area contributed by atoms with Gasteiger partial charge in [0.05, 0.1) is 18.8 Å². The zero-order valence-electron chi connectivity index (χ0n) is 22.1. The summed E-state index contributed by atoms with van der Waals surface area (Å²) in [7, 11) is 1.25. The molecule has 2 aromatic rings. The van der Waals surface area contributed by atoms with Crippen molar-refractivity contribution in [2.75, 3.05) is 20.7 Å². The Kier molecular flexibility index (Phi) is 10.8. The Hall–Kier alpha value is -2.85. The number of hydrogen-bond donors (Lipinski definition) is 3. The summed E-state index contributed by atoms with van der Waals surface area (Å²) in [5, 5.41) is 10.3. The van der Waals surface area contributed by atoms with Crippen molar-refractivity contribution in [2.24, 2.45) is 4.99 Å². The topological polar surface area (TPSA) is 102 Å². The smallest absolute Gasteiger partial charge is 0.323 e. The first-order valence-corrected chi connectivity index (χ1v) is 13.5. The lowest BCUT2D eigenvalue weighted by atomic mass is 10.1. The molecule has 0 saturated carbocycles. The summed E-state index contributed by atoms with van der Waals surface area (Å²) in [4.78, 5) is 16.2. The third-order valence-corrected chi connectivity index (χ3v) is 6.82. The van der Waals surface area contributed by atoms with Gasteiger partial charge in [-0.15, -0.1) is 0 Å². The molecule has 0 spiro atoms. The molecule has 1 heterocycles. The number of benzene rings is 2. The van der Waals surface area contributed by atoms with Crippen molar-refractivity contribution in [1.29, 1.82) is 0 Å². The minimum atomic E-state index is -3.14. The summed E-state index contributed by atoms with van der Waals surface area (Å²) in [6.07, 6.45) is -0.314. The number of hydrogen-bond acceptors (Lipinski definition) is 9. The molecule has 9 nitrogen and oxygen atoms in total. The van der Waals surface area contributed by atoms with Crippen LogP contribution in [0.25, 0.3) is 10.8 Å². The van der Waals surface area contributed by atoms with Crippen LogP contribution in [0.1, 0.15) is 27.2 Å². The number of carbonyl (C=O) groups excluding carboxylic acids is 1. The van der Waals surface area contributed by atoms with Crippen LogP contribution in [-0.4, -0.2) is 63.3 Å². The fraction of sp³-hybridized carbons (Fsp3) is 0.462. The van der Waals surface area contributed by atoms with E-state index in [0.29, 0.717) is 11.6 Å². The number of aliphatic imine (C=N–C) groups is 1. The van der Waals surface area contributed by atoms with Gasteiger partial charge in [-0.05, 0) is 38.3 Å². The second kappa shape index (κ2) is 13.8. The number of alkyl halides is 2. The molecule has 4 atom stereocenters. The van der Waals surface area contributed by atoms with Gasteiger partial charge in [-0.25, -0.2) is 13.9 Å². The second-order valence-corrected chi connectivity index (χ2v) is 10.2. The Labute approximate surface area is 222 Å². The van der Waals surface area contributed by atoms with Crippen LogP contribution >= 0.6 is 8.53 Å². The van der Waals surface area contributed by atoms with E-state index in [2.05, 4.69) is 20.7 Å². The van der Waals surface area contributed by atoms with Gasteiger partial charge in [0.15, 0.2) is 6.23 Å². The second-order valence-electron chi connectivity index (χ2n) is 8.94. The lowest BCUT2D eigenvalue weighted by Crippen LogP contribution is -2.43. The van der Waals surface area contributed by atoms with Crippen molar-refractivity contribution >= 4 is 31.5 Å². The van der Waals surface area contributed by atoms with E-state index in [1.807, 2.05) is 36.4 Å². The Balaban J connectivity index is 1.72. The zero-order valence-corrected chi connectivity index (χ0v) is 23.0. The van der Waals surface area contributed by atoms with E-state index >= 15 is 0 Å². The molecule has 0 aromatic heterocycles. The fourth-order valence-electron chi connectivity index (χ4n) is 3.63. The summed E-state index contributed by atoms with van der Waals surface area (Å²) in [6, 6.07) is 12.5. The molecule has 38 heavy (non-hydrogen) atoms. The van der Waals surface area contributed by atoms with Gasteiger partial charge in [-0.2, -0.15) is 0 Å². The molecule has 0 radical (unpaired) electrons. The van der Waals surface area contributed by atoms with E-state index in [9.17, 15) is 13.6 Å². The van der Waals surface area contributed by atoms with E-state index in [4.69, 9.17) is 18.5 Å². The van der Waals surface area contributed by atoms with E-state index in [0.717, 1.165) is 10.8 Å². The molecule has 1 aliphatic rings. The fourth-order valence-corrected chi connectivity index (χ4v) is 4.87. The molecular formula is C26H35F2N4O5P. The summed E-state index contributed by atoms with van der Waals surface area (Å²) < 4.78 is 52.4. The van der Waals surface area contributed by atoms with Crippen LogP contribution < -0.4 is 20.2 Å². The Morgan fingerprint density at radius 2 is 1.97 bits per heavy atom. The molecule has 3 N–H and O–H groups in total. The maximum atomic E-state index is 14.7. The van der Waals surface area contributed by atoms with Gasteiger partial charge in [0.2, 0.25) is 0 Å². The van der Waals surface area contributed by atoms with Crippen LogP contribution in [0.3, 0.4) is 0 Å². The largest absolute Gasteiger partial charge is 0.462 e. The maximum Gasteiger partial charge on any atom is 0.323 e. The third kappa shape index (κ3) is 8.33. The van der Waals surface area contributed by atoms with Crippen molar-refractivity contribution in [3.05, 3.63) is 54.4 Å². The highest BCUT2D eigenvalue weighted by Crippen LogP contribution is 2.41. The maximum absolute atomic E-state index is 14.7. The summed E-state index contributed by atoms with van der Waals surface area (Å²) in [5.41, 5.74) is 0. The van der Waals surface area contributed by atoms with Crippen molar-refractivity contribution in [2.45, 2.75) is 57.6 Å². The van der Waals surface area contributed by atoms with Gasteiger partial charge in [-0.1, -0.05) is 36.4 Å². The van der Waals surface area contributed by atoms with Crippen molar-refractivity contribution in [3.63, 3.8) is 0 Å². The molecule has 4 unspecified atom stereocenters. The molecule has 1 fully saturated rings. The standard InChI is InChI=1S/C26H35F2N4O5P/c1-17(2)35-24(33)18(3)32-38(37-22-12-8-10-19-9-6-7-11-21(19)22)34-16-20-15-26(27,28)25(36-20)31-23(30-5)13-14-29-4/h6-14,17-18,20,25,30-32H,15-16H2,1-5H3/b23-13-,29-14?. The first-order valence-electron chi connectivity index (χ1n) is 12.3. The highest BCUT2D eigenvalue weighted by Gasteiger charge is 2.51. The number of carbonyl (C=O) groups is 1. The predicted octanol–water partition coefficient (Wildman–Crippen LogP) is 4.49. The highest BCUT2D eigenvalue weighted by atomic mass is 31.2. The van der Waals surface area contributed by atoms with Crippen molar-refractivity contribution in [3.8, 4) is 5.75 Å². The highest BCUT2D eigenvalue weighted by molar-refractivity contribution is 7.45. The van der Waals surface area contributed by atoms with Gasteiger partial charge in [0.25, 0.3) is 5.92 Å². The van der Waals surface area contributed by atoms with Crippen LogP contribution in [-0.2, 0) is 18.8 Å². The predicted molar refractivity (Wildman–Crippen MR) is 144 cm³/mol. The average molecular weight is 553 g/mol. The minimum absolute atomic E-state index is 0.182. The number of fused-ring (bicyclic) bond motifs is 1. The van der Waals surface area contributed by atoms with Crippen molar-refractivity contribution in [1.82, 2.24) is 15.7 Å². The number of ether oxygens (including phenoxy) is 2. The van der Waals surface area contributed by atoms with Gasteiger partial charge in [0, 0.05) is 32.1 Å². The lowest BCUT2D eigenvalue weighted by molar-refractivity contribution is -0.149. The van der Waals surface area contributed by atoms with E-state index in [1.54, 1.807) is 40.9 Å². The first-order chi connectivity index (χ1) is 18.1. The number of esters is 1. The monoisotopic (exact) mass is 552 g/mol. The SMILES string of the molecule is CN=C/C=C(/NC)NC1OC(COP(NC(C)C(=O)OC(C)C)Oc2cccc3ccccc23)CC1(F)F. The molecule has 1 saturated heterocycles. The molecular weight excluding hydrogens is 517 g/mol. The number of halogens is 2. The molecule has 0 amide bonds. The Morgan fingerprint density at radius 1 is 1.24 bits per heavy atom. The summed E-state index contributed by atoms with van der Waals surface area (Å²) >= 11 is 0. The van der Waals surface area contributed by atoms with Crippen LogP contribution in [0, 0.1) is 0 Å². The molecule has 208 valence electrons. The molecule has 3 rings (SSSR count). The molecule has 12 heteroatoms. The average Bonchev–Trinajstić information content (AvgIpc) is 3.17. The summed E-state index contributed by atoms with van der Waals surface area (Å²) in [6.45, 7) is 4.95. The van der Waals surface area contributed by atoms with Gasteiger partial charge >= 0.3 is 14.5 Å². The number of nitrogens with zero attached hydrogens (tertiary/aromatic N) is 1. The number of rotatable bonds is 13. The van der Waals surface area contributed by atoms with Crippen molar-refractivity contribution < 1.29 is 32.1 Å². The Morgan fingerprint density at radius 3 is 2.68 bits per heavy atom. The van der Waals surface area contributed by atoms with E-state index in [1.165, 1.54) is 12.3 Å². The van der Waals surface area contributed by atoms with Gasteiger partial charge < -0.3 is 29.2 Å². The quantitative estimate of drug-likeness (QED) is 0.190. The normalized spacial score (nSPS) is 21.0. The van der Waals surface area contributed by atoms with Gasteiger partial charge in [0.1, 0.15) is 17.6 Å². The third-order valence-electron chi connectivity index (χ3n) is 5.47. The van der Waals surface area contributed by atoms with Gasteiger partial charge in [-0.3, -0.25) is 9.79 Å². The van der Waals surface area contributed by atoms with Crippen LogP contribution in [0.4, 0.5) is 8.78 Å². The van der Waals surface area contributed by atoms with Crippen LogP contribution in [0.15, 0.2) is 59.4 Å². The van der Waals surface area contributed by atoms with E-state index < -0.39 is 45.2 Å². The van der Waals surface area contributed by atoms with Crippen LogP contribution in [0.5, 0.6) is 5.75 Å². The zero-order chi connectivity index (χ0) is 27.7. The molecule has 0 aliphatic carbocycles. The van der Waals surface area contributed by atoms with E-state index in [-0.39, 0.29) is 12.7 Å². The minimum Gasteiger partial charge on any atom is -0.462 e. The molecule has 2 aromatic carbocycles. The number of nitrogens with one attached hydrogen (secondary N) is 3. The molecule has 1 aliphatic heterocycles. The first kappa shape index (κ1) is 29.7. The number of allylic oxidation sites excluding steroid dienone is 1. The van der Waals surface area contributed by atoms with Crippen LogP contribution in [0.2, 0.25) is 0 Å². The Bertz CT molecular complexity index is 1130.